The van der Waals surface area contributed by atoms with Crippen LogP contribution >= 0.6 is 27.5 Å². The van der Waals surface area contributed by atoms with Crippen LogP contribution < -0.4 is 4.90 Å². The Morgan fingerprint density at radius 2 is 2.00 bits per heavy atom. The maximum absolute atomic E-state index is 10.8. The van der Waals surface area contributed by atoms with Crippen LogP contribution in [0.3, 0.4) is 0 Å². The molecule has 0 aliphatic carbocycles. The van der Waals surface area contributed by atoms with Gasteiger partial charge in [-0.3, -0.25) is 0 Å². The van der Waals surface area contributed by atoms with E-state index in [0.717, 1.165) is 36.1 Å². The molecule has 1 heterocycles. The van der Waals surface area contributed by atoms with Crippen molar-refractivity contribution in [3.63, 3.8) is 0 Å². The second kappa shape index (κ2) is 4.63. The first kappa shape index (κ1) is 11.7. The van der Waals surface area contributed by atoms with Crippen LogP contribution in [0.25, 0.3) is 0 Å². The average Bonchev–Trinajstić information content (AvgIpc) is 2.69. The zero-order valence-corrected chi connectivity index (χ0v) is 10.9. The Bertz CT molecular complexity index is 407. The fourth-order valence-corrected chi connectivity index (χ4v) is 3.10. The lowest BCUT2D eigenvalue weighted by Crippen LogP contribution is -2.18. The maximum Gasteiger partial charge on any atom is 0.335 e. The molecule has 0 aromatic heterocycles. The minimum atomic E-state index is -0.962. The highest BCUT2D eigenvalue weighted by atomic mass is 79.9. The highest BCUT2D eigenvalue weighted by molar-refractivity contribution is 9.10. The Morgan fingerprint density at radius 3 is 2.50 bits per heavy atom. The largest absolute Gasteiger partial charge is 0.478 e. The van der Waals surface area contributed by atoms with Crippen molar-refractivity contribution in [3.8, 4) is 0 Å². The molecule has 0 amide bonds. The molecule has 1 aliphatic rings. The minimum absolute atomic E-state index is 0.208. The van der Waals surface area contributed by atoms with Crippen LogP contribution in [0.5, 0.6) is 0 Å². The molecule has 86 valence electrons. The van der Waals surface area contributed by atoms with Crippen molar-refractivity contribution in [2.75, 3.05) is 18.0 Å². The summed E-state index contributed by atoms with van der Waals surface area (Å²) >= 11 is 9.51. The molecule has 0 radical (unpaired) electrons. The van der Waals surface area contributed by atoms with Gasteiger partial charge < -0.3 is 10.0 Å². The smallest absolute Gasteiger partial charge is 0.335 e. The molecule has 1 fully saturated rings. The van der Waals surface area contributed by atoms with E-state index in [4.69, 9.17) is 16.7 Å². The molecule has 0 saturated carbocycles. The van der Waals surface area contributed by atoms with Crippen molar-refractivity contribution in [2.24, 2.45) is 0 Å². The van der Waals surface area contributed by atoms with Gasteiger partial charge in [0.15, 0.2) is 0 Å². The second-order valence-corrected chi connectivity index (χ2v) is 5.05. The van der Waals surface area contributed by atoms with E-state index in [1.165, 1.54) is 6.07 Å². The molecule has 16 heavy (non-hydrogen) atoms. The van der Waals surface area contributed by atoms with Gasteiger partial charge in [-0.1, -0.05) is 11.6 Å². The van der Waals surface area contributed by atoms with Gasteiger partial charge in [-0.05, 0) is 40.9 Å². The highest BCUT2D eigenvalue weighted by Crippen LogP contribution is 2.36. The molecule has 0 bridgehead atoms. The summed E-state index contributed by atoms with van der Waals surface area (Å²) < 4.78 is 0.749. The van der Waals surface area contributed by atoms with Crippen LogP contribution in [0.15, 0.2) is 16.6 Å². The van der Waals surface area contributed by atoms with Gasteiger partial charge in [-0.2, -0.15) is 0 Å². The third-order valence-electron chi connectivity index (χ3n) is 2.69. The highest BCUT2D eigenvalue weighted by Gasteiger charge is 2.19. The summed E-state index contributed by atoms with van der Waals surface area (Å²) in [6, 6.07) is 3.10. The van der Waals surface area contributed by atoms with Gasteiger partial charge in [-0.25, -0.2) is 4.79 Å². The molecule has 1 aliphatic heterocycles. The van der Waals surface area contributed by atoms with Gasteiger partial charge in [0.25, 0.3) is 0 Å². The fraction of sp³-hybridized carbons (Fsp3) is 0.364. The molecular formula is C11H11BrClNO2. The van der Waals surface area contributed by atoms with Gasteiger partial charge in [-0.15, -0.1) is 0 Å². The average molecular weight is 305 g/mol. The summed E-state index contributed by atoms with van der Waals surface area (Å²) in [4.78, 5) is 13.0. The van der Waals surface area contributed by atoms with Crippen molar-refractivity contribution in [2.45, 2.75) is 12.8 Å². The second-order valence-electron chi connectivity index (χ2n) is 3.79. The SMILES string of the molecule is O=C(O)c1cc(Cl)c(N2CCCC2)c(Br)c1. The van der Waals surface area contributed by atoms with Crippen molar-refractivity contribution in [1.82, 2.24) is 0 Å². The summed E-state index contributed by atoms with van der Waals surface area (Å²) in [5, 5.41) is 9.39. The summed E-state index contributed by atoms with van der Waals surface area (Å²) in [5.74, 6) is -0.962. The quantitative estimate of drug-likeness (QED) is 0.910. The monoisotopic (exact) mass is 303 g/mol. The number of aromatic carboxylic acids is 1. The Morgan fingerprint density at radius 1 is 1.38 bits per heavy atom. The summed E-state index contributed by atoms with van der Waals surface area (Å²) in [7, 11) is 0. The molecule has 3 nitrogen and oxygen atoms in total. The van der Waals surface area contributed by atoms with Crippen LogP contribution in [-0.2, 0) is 0 Å². The number of carbonyl (C=O) groups is 1. The van der Waals surface area contributed by atoms with E-state index in [1.54, 1.807) is 6.07 Å². The van der Waals surface area contributed by atoms with Gasteiger partial charge in [0.2, 0.25) is 0 Å². The first-order valence-corrected chi connectivity index (χ1v) is 6.24. The zero-order chi connectivity index (χ0) is 11.7. The van der Waals surface area contributed by atoms with Gasteiger partial charge in [0.05, 0.1) is 16.3 Å². The zero-order valence-electron chi connectivity index (χ0n) is 8.54. The molecule has 1 saturated heterocycles. The number of benzene rings is 1. The number of anilines is 1. The summed E-state index contributed by atoms with van der Waals surface area (Å²) in [5.41, 5.74) is 1.11. The predicted octanol–water partition coefficient (Wildman–Crippen LogP) is 3.40. The normalized spacial score (nSPS) is 15.5. The van der Waals surface area contributed by atoms with Crippen molar-refractivity contribution in [3.05, 3.63) is 27.2 Å². The molecule has 0 atom stereocenters. The van der Waals surface area contributed by atoms with E-state index >= 15 is 0 Å². The van der Waals surface area contributed by atoms with Gasteiger partial charge in [0.1, 0.15) is 0 Å². The number of hydrogen-bond acceptors (Lipinski definition) is 2. The van der Waals surface area contributed by atoms with Gasteiger partial charge in [0, 0.05) is 17.6 Å². The van der Waals surface area contributed by atoms with E-state index in [0.29, 0.717) is 5.02 Å². The summed E-state index contributed by atoms with van der Waals surface area (Å²) in [6.07, 6.45) is 2.31. The predicted molar refractivity (Wildman–Crippen MR) is 67.6 cm³/mol. The third-order valence-corrected chi connectivity index (χ3v) is 3.58. The molecule has 1 aromatic rings. The van der Waals surface area contributed by atoms with Crippen molar-refractivity contribution >= 4 is 39.2 Å². The molecule has 0 unspecified atom stereocenters. The topological polar surface area (TPSA) is 40.5 Å². The number of hydrogen-bond donors (Lipinski definition) is 1. The van der Waals surface area contributed by atoms with Gasteiger partial charge >= 0.3 is 5.97 Å². The standard InChI is InChI=1S/C11H11BrClNO2/c12-8-5-7(11(15)16)6-9(13)10(8)14-3-1-2-4-14/h5-6H,1-4H2,(H,15,16). The molecule has 0 spiro atoms. The Labute approximate surface area is 107 Å². The lowest BCUT2D eigenvalue weighted by Gasteiger charge is -2.21. The minimum Gasteiger partial charge on any atom is -0.478 e. The van der Waals surface area contributed by atoms with Crippen molar-refractivity contribution in [1.29, 1.82) is 0 Å². The summed E-state index contributed by atoms with van der Waals surface area (Å²) in [6.45, 7) is 1.95. The maximum atomic E-state index is 10.8. The Balaban J connectivity index is 2.42. The Kier molecular flexibility index (Phi) is 3.40. The molecule has 5 heteroatoms. The van der Waals surface area contributed by atoms with E-state index in [1.807, 2.05) is 0 Å². The number of carboxylic acids is 1. The van der Waals surface area contributed by atoms with Crippen LogP contribution in [-0.4, -0.2) is 24.2 Å². The number of halogens is 2. The van der Waals surface area contributed by atoms with Crippen molar-refractivity contribution < 1.29 is 9.90 Å². The first-order valence-electron chi connectivity index (χ1n) is 5.07. The van der Waals surface area contributed by atoms with Crippen LogP contribution in [0.1, 0.15) is 23.2 Å². The fourth-order valence-electron chi connectivity index (χ4n) is 1.93. The van der Waals surface area contributed by atoms with E-state index in [-0.39, 0.29) is 5.56 Å². The molecule has 2 rings (SSSR count). The lowest BCUT2D eigenvalue weighted by molar-refractivity contribution is 0.0697. The Hall–Kier alpha value is -0.740. The third kappa shape index (κ3) is 2.18. The molecular weight excluding hydrogens is 293 g/mol. The van der Waals surface area contributed by atoms with E-state index < -0.39 is 5.97 Å². The van der Waals surface area contributed by atoms with E-state index in [9.17, 15) is 4.79 Å². The molecule has 1 aromatic carbocycles. The van der Waals surface area contributed by atoms with Crippen LogP contribution in [0, 0.1) is 0 Å². The van der Waals surface area contributed by atoms with Crippen LogP contribution in [0.2, 0.25) is 5.02 Å². The number of nitrogens with zero attached hydrogens (tertiary/aromatic N) is 1. The number of carboxylic acid groups (broad SMARTS) is 1. The molecule has 1 N–H and O–H groups in total. The van der Waals surface area contributed by atoms with E-state index in [2.05, 4.69) is 20.8 Å². The first-order chi connectivity index (χ1) is 7.59. The number of rotatable bonds is 2. The van der Waals surface area contributed by atoms with Crippen LogP contribution in [0.4, 0.5) is 5.69 Å². The lowest BCUT2D eigenvalue weighted by atomic mass is 10.2.